The van der Waals surface area contributed by atoms with E-state index in [1.807, 2.05) is 5.92 Å². The summed E-state index contributed by atoms with van der Waals surface area (Å²) in [5, 5.41) is 0. The molecule has 0 amide bonds. The molecule has 0 saturated carbocycles. The molecule has 0 unspecified atom stereocenters. The lowest BCUT2D eigenvalue weighted by atomic mass is 9.75. The Morgan fingerprint density at radius 3 is 1.95 bits per heavy atom. The van der Waals surface area contributed by atoms with E-state index in [0.717, 1.165) is 12.1 Å². The minimum absolute atomic E-state index is 0.00400. The summed E-state index contributed by atoms with van der Waals surface area (Å²) < 4.78 is 53.7. The van der Waals surface area contributed by atoms with Gasteiger partial charge in [0.2, 0.25) is 0 Å². The van der Waals surface area contributed by atoms with Gasteiger partial charge in [0.1, 0.15) is 5.82 Å². The Morgan fingerprint density at radius 1 is 0.905 bits per heavy atom. The fraction of sp³-hybridized carbons (Fsp3) is 0.176. The summed E-state index contributed by atoms with van der Waals surface area (Å²) >= 11 is 0. The van der Waals surface area contributed by atoms with Gasteiger partial charge in [0.05, 0.1) is 0 Å². The minimum Gasteiger partial charge on any atom is -0.207 e. The highest BCUT2D eigenvalue weighted by Crippen LogP contribution is 2.43. The molecule has 2 aromatic rings. The van der Waals surface area contributed by atoms with Gasteiger partial charge in [-0.3, -0.25) is 0 Å². The van der Waals surface area contributed by atoms with E-state index in [0.29, 0.717) is 5.56 Å². The van der Waals surface area contributed by atoms with Crippen molar-refractivity contribution in [3.63, 3.8) is 0 Å². The molecule has 0 nitrogen and oxygen atoms in total. The number of hydrogen-bond donors (Lipinski definition) is 0. The summed E-state index contributed by atoms with van der Waals surface area (Å²) in [5.74, 6) is 1.41. The first kappa shape index (κ1) is 15.1. The van der Waals surface area contributed by atoms with Gasteiger partial charge < -0.3 is 0 Å². The molecule has 0 spiro atoms. The van der Waals surface area contributed by atoms with Crippen LogP contribution >= 0.6 is 0 Å². The Kier molecular flexibility index (Phi) is 4.04. The van der Waals surface area contributed by atoms with Gasteiger partial charge in [-0.2, -0.15) is 13.2 Å². The molecule has 0 N–H and O–H groups in total. The first-order valence-corrected chi connectivity index (χ1v) is 6.23. The van der Waals surface area contributed by atoms with Crippen LogP contribution in [0.15, 0.2) is 54.6 Å². The molecule has 0 bridgehead atoms. The normalized spacial score (nSPS) is 14.2. The molecule has 0 radical (unpaired) electrons. The van der Waals surface area contributed by atoms with E-state index in [-0.39, 0.29) is 5.56 Å². The maximum atomic E-state index is 13.6. The molecule has 21 heavy (non-hydrogen) atoms. The highest BCUT2D eigenvalue weighted by Gasteiger charge is 2.54. The number of halogens is 4. The van der Waals surface area contributed by atoms with Gasteiger partial charge in [-0.25, -0.2) is 4.39 Å². The zero-order valence-electron chi connectivity index (χ0n) is 11.0. The van der Waals surface area contributed by atoms with Gasteiger partial charge in [0.25, 0.3) is 0 Å². The maximum absolute atomic E-state index is 13.6. The lowest BCUT2D eigenvalue weighted by Crippen LogP contribution is -2.43. The van der Waals surface area contributed by atoms with Crippen LogP contribution in [0.4, 0.5) is 17.6 Å². The summed E-state index contributed by atoms with van der Waals surface area (Å²) in [7, 11) is 0. The van der Waals surface area contributed by atoms with Gasteiger partial charge in [-0.05, 0) is 23.3 Å². The Hall–Kier alpha value is -2.28. The second kappa shape index (κ2) is 5.61. The lowest BCUT2D eigenvalue weighted by molar-refractivity contribution is -0.172. The van der Waals surface area contributed by atoms with E-state index >= 15 is 0 Å². The fourth-order valence-corrected chi connectivity index (χ4v) is 2.21. The molecule has 108 valence electrons. The van der Waals surface area contributed by atoms with Crippen LogP contribution in [-0.4, -0.2) is 6.18 Å². The number of alkyl halides is 3. The van der Waals surface area contributed by atoms with E-state index in [4.69, 9.17) is 6.42 Å². The molecule has 0 aliphatic heterocycles. The summed E-state index contributed by atoms with van der Waals surface area (Å²) in [6.45, 7) is 0. The van der Waals surface area contributed by atoms with Crippen LogP contribution in [0.25, 0.3) is 0 Å². The zero-order chi connectivity index (χ0) is 15.5. The fourth-order valence-electron chi connectivity index (χ4n) is 2.21. The summed E-state index contributed by atoms with van der Waals surface area (Å²) in [5.41, 5.74) is -2.09. The average molecular weight is 292 g/mol. The molecule has 1 atom stereocenters. The largest absolute Gasteiger partial charge is 0.409 e. The van der Waals surface area contributed by atoms with Crippen molar-refractivity contribution in [2.24, 2.45) is 0 Å². The van der Waals surface area contributed by atoms with Crippen LogP contribution in [0.1, 0.15) is 11.1 Å². The minimum atomic E-state index is -4.61. The molecule has 0 saturated heterocycles. The van der Waals surface area contributed by atoms with Crippen molar-refractivity contribution >= 4 is 0 Å². The van der Waals surface area contributed by atoms with E-state index in [1.165, 1.54) is 36.4 Å². The van der Waals surface area contributed by atoms with Crippen LogP contribution in [-0.2, 0) is 11.8 Å². The summed E-state index contributed by atoms with van der Waals surface area (Å²) in [6.07, 6.45) is 0.213. The molecule has 0 heterocycles. The Morgan fingerprint density at radius 2 is 1.48 bits per heavy atom. The molecule has 2 aromatic carbocycles. The lowest BCUT2D eigenvalue weighted by Gasteiger charge is -2.31. The Bertz CT molecular complexity index is 635. The first-order valence-electron chi connectivity index (χ1n) is 6.23. The highest BCUT2D eigenvalue weighted by atomic mass is 19.4. The average Bonchev–Trinajstić information content (AvgIpc) is 2.46. The Labute approximate surface area is 120 Å². The Balaban J connectivity index is 2.52. The van der Waals surface area contributed by atoms with Gasteiger partial charge in [0.15, 0.2) is 5.41 Å². The molecule has 0 aliphatic rings. The predicted molar refractivity (Wildman–Crippen MR) is 73.1 cm³/mol. The standard InChI is InChI=1S/C17H12F4/c1-2-16(17(19,20)21,14-6-4-3-5-7-14)12-13-8-10-15(18)11-9-13/h1,3-11H,12H2/t16-/m0/s1. The SMILES string of the molecule is C#C[C@](Cc1ccc(F)cc1)(c1ccccc1)C(F)(F)F. The van der Waals surface area contributed by atoms with Crippen LogP contribution in [0, 0.1) is 18.2 Å². The van der Waals surface area contributed by atoms with Crippen molar-refractivity contribution in [3.8, 4) is 12.3 Å². The van der Waals surface area contributed by atoms with Crippen molar-refractivity contribution in [1.82, 2.24) is 0 Å². The number of terminal acetylenes is 1. The third-order valence-corrected chi connectivity index (χ3v) is 3.38. The summed E-state index contributed by atoms with van der Waals surface area (Å²) in [4.78, 5) is 0. The van der Waals surface area contributed by atoms with Crippen molar-refractivity contribution in [2.45, 2.75) is 18.0 Å². The van der Waals surface area contributed by atoms with E-state index < -0.39 is 23.8 Å². The molecular formula is C17H12F4. The topological polar surface area (TPSA) is 0 Å². The highest BCUT2D eigenvalue weighted by molar-refractivity contribution is 5.39. The zero-order valence-corrected chi connectivity index (χ0v) is 11.0. The predicted octanol–water partition coefficient (Wildman–Crippen LogP) is 4.50. The monoisotopic (exact) mass is 292 g/mol. The molecule has 0 aromatic heterocycles. The molecule has 4 heteroatoms. The van der Waals surface area contributed by atoms with Gasteiger partial charge in [0, 0.05) is 6.42 Å². The van der Waals surface area contributed by atoms with Crippen LogP contribution in [0.5, 0.6) is 0 Å². The van der Waals surface area contributed by atoms with Crippen molar-refractivity contribution in [3.05, 3.63) is 71.5 Å². The van der Waals surface area contributed by atoms with Crippen LogP contribution < -0.4 is 0 Å². The second-order valence-corrected chi connectivity index (χ2v) is 4.72. The number of benzene rings is 2. The van der Waals surface area contributed by atoms with Crippen LogP contribution in [0.3, 0.4) is 0 Å². The van der Waals surface area contributed by atoms with E-state index in [1.54, 1.807) is 6.07 Å². The maximum Gasteiger partial charge on any atom is 0.409 e. The number of hydrogen-bond acceptors (Lipinski definition) is 0. The molecule has 0 aliphatic carbocycles. The van der Waals surface area contributed by atoms with Crippen molar-refractivity contribution < 1.29 is 17.6 Å². The van der Waals surface area contributed by atoms with Gasteiger partial charge in [-0.1, -0.05) is 48.4 Å². The van der Waals surface area contributed by atoms with Gasteiger partial charge in [-0.15, -0.1) is 6.42 Å². The quantitative estimate of drug-likeness (QED) is 0.577. The molecule has 0 fully saturated rings. The van der Waals surface area contributed by atoms with Crippen molar-refractivity contribution in [1.29, 1.82) is 0 Å². The smallest absolute Gasteiger partial charge is 0.207 e. The molecule has 2 rings (SSSR count). The van der Waals surface area contributed by atoms with E-state index in [2.05, 4.69) is 0 Å². The number of rotatable bonds is 3. The van der Waals surface area contributed by atoms with Crippen molar-refractivity contribution in [2.75, 3.05) is 0 Å². The first-order chi connectivity index (χ1) is 9.89. The molecular weight excluding hydrogens is 280 g/mol. The second-order valence-electron chi connectivity index (χ2n) is 4.72. The third kappa shape index (κ3) is 2.92. The third-order valence-electron chi connectivity index (χ3n) is 3.38. The summed E-state index contributed by atoms with van der Waals surface area (Å²) in [6, 6.07) is 12.2. The van der Waals surface area contributed by atoms with Gasteiger partial charge >= 0.3 is 6.18 Å². The van der Waals surface area contributed by atoms with E-state index in [9.17, 15) is 17.6 Å². The van der Waals surface area contributed by atoms with Crippen LogP contribution in [0.2, 0.25) is 0 Å².